The van der Waals surface area contributed by atoms with Crippen molar-refractivity contribution in [3.8, 4) is 0 Å². The molecule has 0 aromatic heterocycles. The van der Waals surface area contributed by atoms with Gasteiger partial charge in [-0.25, -0.2) is 0 Å². The third kappa shape index (κ3) is 1.80. The molecule has 1 heterocycles. The van der Waals surface area contributed by atoms with Gasteiger partial charge in [0.25, 0.3) is 0 Å². The molecule has 2 aliphatic rings. The fourth-order valence-electron chi connectivity index (χ4n) is 2.48. The van der Waals surface area contributed by atoms with Crippen molar-refractivity contribution >= 4 is 0 Å². The quantitative estimate of drug-likeness (QED) is 0.668. The largest absolute Gasteiger partial charge is 0.356 e. The summed E-state index contributed by atoms with van der Waals surface area (Å²) < 4.78 is 11.1. The van der Waals surface area contributed by atoms with Crippen molar-refractivity contribution in [2.45, 2.75) is 31.8 Å². The van der Waals surface area contributed by atoms with E-state index in [9.17, 15) is 0 Å². The topological polar surface area (TPSA) is 33.7 Å². The molecule has 0 radical (unpaired) electrons. The van der Waals surface area contributed by atoms with Gasteiger partial charge in [-0.1, -0.05) is 0 Å². The number of hydrogen-bond donors (Lipinski definition) is 1. The Balaban J connectivity index is 1.87. The van der Waals surface area contributed by atoms with Crippen molar-refractivity contribution in [1.82, 2.24) is 10.4 Å². The Kier molecular flexibility index (Phi) is 2.79. The van der Waals surface area contributed by atoms with Gasteiger partial charge in [0, 0.05) is 33.2 Å². The van der Waals surface area contributed by atoms with Gasteiger partial charge in [0.05, 0.1) is 6.10 Å². The summed E-state index contributed by atoms with van der Waals surface area (Å²) in [5.41, 5.74) is 3.34. The predicted octanol–water partition coefficient (Wildman–Crippen LogP) is 0.448. The van der Waals surface area contributed by atoms with Crippen LogP contribution in [0.4, 0.5) is 0 Å². The first-order valence-electron chi connectivity index (χ1n) is 5.25. The molecule has 4 heteroatoms. The first-order valence-corrected chi connectivity index (χ1v) is 5.25. The molecule has 0 bridgehead atoms. The zero-order valence-corrected chi connectivity index (χ0v) is 9.36. The molecule has 1 saturated carbocycles. The highest BCUT2D eigenvalue weighted by atomic mass is 16.7. The number of nitrogens with zero attached hydrogens (tertiary/aromatic N) is 1. The second-order valence-electron chi connectivity index (χ2n) is 4.58. The number of hydrogen-bond acceptors (Lipinski definition) is 4. The lowest BCUT2D eigenvalue weighted by Crippen LogP contribution is -2.46. The summed E-state index contributed by atoms with van der Waals surface area (Å²) in [6.07, 6.45) is 1.62. The van der Waals surface area contributed by atoms with Gasteiger partial charge in [-0.3, -0.25) is 10.4 Å². The van der Waals surface area contributed by atoms with Crippen LogP contribution in [0.3, 0.4) is 0 Å². The SMILES string of the molecule is CO[C@H]1O[C@H]([C@H](C)NN(C)C)[C@@H]2C[C@H]12. The normalized spacial score (nSPS) is 42.6. The molecule has 1 aliphatic carbocycles. The highest BCUT2D eigenvalue weighted by Crippen LogP contribution is 2.53. The standard InChI is InChI=1S/C10H20N2O2/c1-6(11-12(2)3)9-7-5-8(7)10(13-4)14-9/h6-11H,5H2,1-4H3/t6-,7+,8-,9+,10-/m0/s1. The van der Waals surface area contributed by atoms with Crippen molar-refractivity contribution in [1.29, 1.82) is 0 Å². The Bertz CT molecular complexity index is 210. The van der Waals surface area contributed by atoms with E-state index in [-0.39, 0.29) is 6.29 Å². The van der Waals surface area contributed by atoms with Crippen LogP contribution in [0, 0.1) is 11.8 Å². The van der Waals surface area contributed by atoms with Crippen molar-refractivity contribution < 1.29 is 9.47 Å². The van der Waals surface area contributed by atoms with Crippen LogP contribution in [-0.2, 0) is 9.47 Å². The summed E-state index contributed by atoms with van der Waals surface area (Å²) in [6, 6.07) is 0.361. The lowest BCUT2D eigenvalue weighted by Gasteiger charge is -2.26. The van der Waals surface area contributed by atoms with Crippen molar-refractivity contribution in [3.63, 3.8) is 0 Å². The molecule has 4 nitrogen and oxygen atoms in total. The zero-order valence-electron chi connectivity index (χ0n) is 9.36. The molecular formula is C10H20N2O2. The number of methoxy groups -OCH3 is 1. The average molecular weight is 200 g/mol. The van der Waals surface area contributed by atoms with Crippen molar-refractivity contribution in [2.75, 3.05) is 21.2 Å². The molecule has 1 N–H and O–H groups in total. The van der Waals surface area contributed by atoms with Crippen LogP contribution >= 0.6 is 0 Å². The summed E-state index contributed by atoms with van der Waals surface area (Å²) >= 11 is 0. The number of hydrazine groups is 1. The van der Waals surface area contributed by atoms with Crippen LogP contribution in [0.5, 0.6) is 0 Å². The summed E-state index contributed by atoms with van der Waals surface area (Å²) in [7, 11) is 5.74. The molecule has 82 valence electrons. The van der Waals surface area contributed by atoms with E-state index < -0.39 is 0 Å². The highest BCUT2D eigenvalue weighted by Gasteiger charge is 2.57. The number of rotatable bonds is 4. The van der Waals surface area contributed by atoms with E-state index in [0.717, 1.165) is 0 Å². The number of fused-ring (bicyclic) bond motifs is 1. The second-order valence-corrected chi connectivity index (χ2v) is 4.58. The van der Waals surface area contributed by atoms with E-state index in [1.807, 2.05) is 19.1 Å². The van der Waals surface area contributed by atoms with Gasteiger partial charge in [0.15, 0.2) is 6.29 Å². The summed E-state index contributed by atoms with van der Waals surface area (Å²) in [4.78, 5) is 0. The minimum absolute atomic E-state index is 0.0383. The maximum atomic E-state index is 5.82. The van der Waals surface area contributed by atoms with Gasteiger partial charge < -0.3 is 9.47 Å². The van der Waals surface area contributed by atoms with Crippen LogP contribution in [0.25, 0.3) is 0 Å². The van der Waals surface area contributed by atoms with Gasteiger partial charge in [-0.2, -0.15) is 0 Å². The highest BCUT2D eigenvalue weighted by molar-refractivity contribution is 5.02. The molecule has 0 spiro atoms. The third-order valence-corrected chi connectivity index (χ3v) is 3.14. The van der Waals surface area contributed by atoms with Gasteiger partial charge in [0.1, 0.15) is 0 Å². The van der Waals surface area contributed by atoms with Crippen LogP contribution in [0.1, 0.15) is 13.3 Å². The lowest BCUT2D eigenvalue weighted by atomic mass is 10.1. The minimum atomic E-state index is 0.0383. The molecule has 0 aromatic rings. The van der Waals surface area contributed by atoms with Gasteiger partial charge in [-0.05, 0) is 19.3 Å². The number of ether oxygens (including phenoxy) is 2. The average Bonchev–Trinajstić information content (AvgIpc) is 2.79. The molecule has 2 fully saturated rings. The number of nitrogens with one attached hydrogen (secondary N) is 1. The van der Waals surface area contributed by atoms with E-state index >= 15 is 0 Å². The smallest absolute Gasteiger partial charge is 0.160 e. The maximum Gasteiger partial charge on any atom is 0.160 e. The summed E-state index contributed by atoms with van der Waals surface area (Å²) in [6.45, 7) is 2.16. The Morgan fingerprint density at radius 1 is 1.43 bits per heavy atom. The molecule has 0 amide bonds. The van der Waals surface area contributed by atoms with Crippen molar-refractivity contribution in [3.05, 3.63) is 0 Å². The van der Waals surface area contributed by atoms with E-state index in [1.165, 1.54) is 6.42 Å². The zero-order chi connectivity index (χ0) is 10.3. The Morgan fingerprint density at radius 2 is 2.14 bits per heavy atom. The monoisotopic (exact) mass is 200 g/mol. The van der Waals surface area contributed by atoms with Gasteiger partial charge in [-0.15, -0.1) is 0 Å². The molecule has 2 rings (SSSR count). The van der Waals surface area contributed by atoms with Gasteiger partial charge >= 0.3 is 0 Å². The predicted molar refractivity (Wildman–Crippen MR) is 53.6 cm³/mol. The molecule has 14 heavy (non-hydrogen) atoms. The molecule has 0 unspecified atom stereocenters. The van der Waals surface area contributed by atoms with Crippen LogP contribution in [-0.4, -0.2) is 44.6 Å². The molecular weight excluding hydrogens is 180 g/mol. The molecule has 1 aliphatic heterocycles. The van der Waals surface area contributed by atoms with Crippen LogP contribution < -0.4 is 5.43 Å². The fraction of sp³-hybridized carbons (Fsp3) is 1.00. The van der Waals surface area contributed by atoms with Crippen LogP contribution in [0.15, 0.2) is 0 Å². The second kappa shape index (κ2) is 3.77. The van der Waals surface area contributed by atoms with E-state index in [4.69, 9.17) is 9.47 Å². The van der Waals surface area contributed by atoms with Gasteiger partial charge in [0.2, 0.25) is 0 Å². The van der Waals surface area contributed by atoms with Crippen LogP contribution in [0.2, 0.25) is 0 Å². The first-order chi connectivity index (χ1) is 6.63. The lowest BCUT2D eigenvalue weighted by molar-refractivity contribution is -0.144. The minimum Gasteiger partial charge on any atom is -0.356 e. The first kappa shape index (κ1) is 10.4. The summed E-state index contributed by atoms with van der Waals surface area (Å²) in [5.74, 6) is 1.36. The molecule has 1 saturated heterocycles. The third-order valence-electron chi connectivity index (χ3n) is 3.14. The van der Waals surface area contributed by atoms with E-state index in [1.54, 1.807) is 7.11 Å². The molecule has 5 atom stereocenters. The Morgan fingerprint density at radius 3 is 2.64 bits per heavy atom. The van der Waals surface area contributed by atoms with E-state index in [2.05, 4.69) is 12.3 Å². The Labute approximate surface area is 85.5 Å². The fourth-order valence-corrected chi connectivity index (χ4v) is 2.48. The van der Waals surface area contributed by atoms with Crippen molar-refractivity contribution in [2.24, 2.45) is 11.8 Å². The summed E-state index contributed by atoms with van der Waals surface area (Å²) in [5, 5.41) is 1.98. The molecule has 0 aromatic carbocycles. The Hall–Kier alpha value is -0.160. The maximum absolute atomic E-state index is 5.82. The van der Waals surface area contributed by atoms with E-state index in [0.29, 0.717) is 24.0 Å².